The fraction of sp³-hybridized carbons (Fsp3) is 0. The van der Waals surface area contributed by atoms with E-state index < -0.39 is 0 Å². The molecule has 0 rings (SSSR count). The summed E-state index contributed by atoms with van der Waals surface area (Å²) in [6.07, 6.45) is 0. The number of hydrogen-bond acceptors (Lipinski definition) is 0. The van der Waals surface area contributed by atoms with Gasteiger partial charge in [-0.05, 0) is 0 Å². The maximum absolute atomic E-state index is 2.48. The fourth-order valence-corrected chi connectivity index (χ4v) is 0. The van der Waals surface area contributed by atoms with Crippen molar-refractivity contribution in [2.45, 2.75) is 0 Å². The van der Waals surface area contributed by atoms with E-state index in [-0.39, 0.29) is 53.3 Å². The molecule has 40 valence electrons. The van der Waals surface area contributed by atoms with Crippen molar-refractivity contribution in [2.24, 2.45) is 0 Å². The number of halogens is 1. The fourth-order valence-electron chi connectivity index (χ4n) is 0. The van der Waals surface area contributed by atoms with Crippen LogP contribution in [0.1, 0.15) is 0 Å². The van der Waals surface area contributed by atoms with Gasteiger partial charge >= 0.3 is 44.4 Å². The first-order valence-electron chi connectivity index (χ1n) is 0.312. The molecular formula is HCoFeIMnSeZn. The van der Waals surface area contributed by atoms with Crippen LogP contribution in [0.4, 0.5) is 0 Å². The van der Waals surface area contributed by atoms with Crippen LogP contribution in [0.25, 0.3) is 0 Å². The van der Waals surface area contributed by atoms with Crippen LogP contribution in [-0.4, -0.2) is 14.2 Å². The average Bonchev–Trinajstić information content (AvgIpc) is 0.918. The molecule has 6 heteroatoms. The molecule has 0 aliphatic rings. The second-order valence-corrected chi connectivity index (χ2v) is 9.18. The Kier molecular flexibility index (Phi) is 89.9. The van der Waals surface area contributed by atoms with Gasteiger partial charge < -0.3 is 0 Å². The molecule has 0 aromatic carbocycles. The van der Waals surface area contributed by atoms with E-state index in [1.807, 2.05) is 0 Å². The molecular weight excluding hydrogens is 441 g/mol. The molecule has 0 amide bonds. The molecule has 0 aliphatic heterocycles. The van der Waals surface area contributed by atoms with Gasteiger partial charge in [0.2, 0.25) is 0 Å². The monoisotopic (exact) mass is 442 g/mol. The Labute approximate surface area is 95.8 Å². The zero-order valence-corrected chi connectivity index (χ0v) is 12.9. The first-order valence-corrected chi connectivity index (χ1v) is 7.57. The summed E-state index contributed by atoms with van der Waals surface area (Å²) >= 11 is 4.78. The molecule has 6 heavy (non-hydrogen) atoms. The molecule has 0 fully saturated rings. The van der Waals surface area contributed by atoms with E-state index in [1.165, 1.54) is 0 Å². The third-order valence-corrected chi connectivity index (χ3v) is 0. The maximum atomic E-state index is 2.48. The first-order chi connectivity index (χ1) is 1.41. The van der Waals surface area contributed by atoms with Crippen LogP contribution in [0.15, 0.2) is 0 Å². The molecule has 1 radical (unpaired) electrons. The van der Waals surface area contributed by atoms with Crippen molar-refractivity contribution >= 4 is 34.5 Å². The molecule has 0 heterocycles. The number of rotatable bonds is 0. The Morgan fingerprint density at radius 2 is 1.50 bits per heavy atom. The van der Waals surface area contributed by atoms with E-state index >= 15 is 0 Å². The summed E-state index contributed by atoms with van der Waals surface area (Å²) in [5, 5.41) is 0. The molecule has 0 aromatic heterocycles. The van der Waals surface area contributed by atoms with Crippen LogP contribution in [0.3, 0.4) is 0 Å². The maximum Gasteiger partial charge on any atom is 0 e. The van der Waals surface area contributed by atoms with Crippen molar-refractivity contribution in [3.8, 4) is 0 Å². The quantitative estimate of drug-likeness (QED) is 0.373. The predicted octanol–water partition coefficient (Wildman–Crippen LogP) is 0.227. The van der Waals surface area contributed by atoms with Crippen LogP contribution >= 0.6 is 20.3 Å². The van der Waals surface area contributed by atoms with E-state index in [1.54, 1.807) is 0 Å². The SMILES string of the molecule is [Co].[Fe].[SeH][Mn][I].[Zn]. The Morgan fingerprint density at radius 1 is 1.50 bits per heavy atom. The van der Waals surface area contributed by atoms with Crippen molar-refractivity contribution in [1.29, 1.82) is 0 Å². The molecule has 0 aromatic rings. The van der Waals surface area contributed by atoms with Crippen LogP contribution in [0, 0.1) is 0 Å². The summed E-state index contributed by atoms with van der Waals surface area (Å²) in [6, 6.07) is 0. The molecule has 0 atom stereocenters. The Morgan fingerprint density at radius 3 is 1.50 bits per heavy atom. The average molecular weight is 442 g/mol. The minimum Gasteiger partial charge on any atom is 0 e. The smallest absolute Gasteiger partial charge is 0 e. The predicted molar refractivity (Wildman–Crippen MR) is 21.2 cm³/mol. The Bertz CT molecular complexity index is 15.5. The van der Waals surface area contributed by atoms with Crippen molar-refractivity contribution < 1.29 is 63.2 Å². The van der Waals surface area contributed by atoms with Gasteiger partial charge in [-0.1, -0.05) is 0 Å². The van der Waals surface area contributed by atoms with Gasteiger partial charge in [-0.2, -0.15) is 0 Å². The zero-order valence-electron chi connectivity index (χ0n) is 2.60. The molecule has 0 nitrogen and oxygen atoms in total. The third-order valence-electron chi connectivity index (χ3n) is 0. The van der Waals surface area contributed by atoms with Crippen molar-refractivity contribution in [3.05, 3.63) is 0 Å². The third kappa shape index (κ3) is 26.2. The van der Waals surface area contributed by atoms with Crippen molar-refractivity contribution in [1.82, 2.24) is 0 Å². The number of hydrogen-bond donors (Lipinski definition) is 0. The Hall–Kier alpha value is 3.42. The van der Waals surface area contributed by atoms with E-state index in [2.05, 4.69) is 34.5 Å². The summed E-state index contributed by atoms with van der Waals surface area (Å²) in [5.41, 5.74) is 0. The second-order valence-electron chi connectivity index (χ2n) is 0.0639. The van der Waals surface area contributed by atoms with Gasteiger partial charge in [0.25, 0.3) is 0 Å². The van der Waals surface area contributed by atoms with Gasteiger partial charge in [0, 0.05) is 53.3 Å². The largest absolute Gasteiger partial charge is 0 e. The molecule has 0 saturated carbocycles. The standard InChI is InChI=1S/Co.Fe.HI.Mn.H2Se.Zn/h;;1H;;1H2;/q;;;+2;;/p-2. The van der Waals surface area contributed by atoms with Gasteiger partial charge in [-0.3, -0.25) is 0 Å². The van der Waals surface area contributed by atoms with Gasteiger partial charge in [0.1, 0.15) is 0 Å². The zero-order chi connectivity index (χ0) is 2.71. The van der Waals surface area contributed by atoms with Crippen LogP contribution in [0.5, 0.6) is 0 Å². The van der Waals surface area contributed by atoms with Crippen LogP contribution in [-0.2, 0) is 63.2 Å². The van der Waals surface area contributed by atoms with Crippen LogP contribution < -0.4 is 0 Å². The van der Waals surface area contributed by atoms with E-state index in [0.29, 0.717) is 0 Å². The van der Waals surface area contributed by atoms with Gasteiger partial charge in [-0.25, -0.2) is 0 Å². The molecule has 0 bridgehead atoms. The van der Waals surface area contributed by atoms with E-state index in [0.717, 1.165) is 9.88 Å². The Balaban J connectivity index is -0.00000000667. The van der Waals surface area contributed by atoms with E-state index in [9.17, 15) is 0 Å². The molecule has 0 N–H and O–H groups in total. The summed E-state index contributed by atoms with van der Waals surface area (Å²) in [7, 11) is 0.970. The normalized spacial score (nSPS) is 3.00. The molecule has 0 spiro atoms. The topological polar surface area (TPSA) is 0 Å². The molecule has 0 unspecified atom stereocenters. The summed E-state index contributed by atoms with van der Waals surface area (Å²) in [5.74, 6) is 0. The van der Waals surface area contributed by atoms with Gasteiger partial charge in [0.15, 0.2) is 0 Å². The summed E-state index contributed by atoms with van der Waals surface area (Å²) in [4.78, 5) is 0. The molecule has 0 saturated heterocycles. The van der Waals surface area contributed by atoms with Crippen molar-refractivity contribution in [2.75, 3.05) is 0 Å². The molecule has 0 aliphatic carbocycles. The summed E-state index contributed by atoms with van der Waals surface area (Å²) in [6.45, 7) is 0. The van der Waals surface area contributed by atoms with Gasteiger partial charge in [0.05, 0.1) is 0 Å². The second kappa shape index (κ2) is 23.7. The first kappa shape index (κ1) is 22.7. The minimum atomic E-state index is 0. The van der Waals surface area contributed by atoms with Gasteiger partial charge in [-0.15, -0.1) is 0 Å². The minimum absolute atomic E-state index is 0. The summed E-state index contributed by atoms with van der Waals surface area (Å²) < 4.78 is 0. The van der Waals surface area contributed by atoms with E-state index in [4.69, 9.17) is 0 Å². The van der Waals surface area contributed by atoms with Crippen molar-refractivity contribution in [3.63, 3.8) is 0 Å². The van der Waals surface area contributed by atoms with Crippen LogP contribution in [0.2, 0.25) is 0 Å².